The first-order valence-corrected chi connectivity index (χ1v) is 9.84. The number of benzene rings is 2. The molecule has 4 rings (SSSR count). The van der Waals surface area contributed by atoms with Crippen LogP contribution in [0.2, 0.25) is 0 Å². The molecule has 0 radical (unpaired) electrons. The minimum absolute atomic E-state index is 0.132. The van der Waals surface area contributed by atoms with Gasteiger partial charge in [-0.1, -0.05) is 48.0 Å². The number of aryl methyl sites for hydroxylation is 2. The van der Waals surface area contributed by atoms with E-state index in [1.807, 2.05) is 23.4 Å². The Bertz CT molecular complexity index is 947. The van der Waals surface area contributed by atoms with Gasteiger partial charge in [0.25, 0.3) is 0 Å². The summed E-state index contributed by atoms with van der Waals surface area (Å²) in [6.45, 7) is 2.08. The normalized spacial score (nSPS) is 15.7. The molecular weight excluding hydrogens is 340 g/mol. The summed E-state index contributed by atoms with van der Waals surface area (Å²) in [5, 5.41) is 2.98. The number of thiazole rings is 1. The monoisotopic (exact) mass is 362 g/mol. The lowest BCUT2D eigenvalue weighted by Gasteiger charge is -2.25. The predicted octanol–water partition coefficient (Wildman–Crippen LogP) is 4.81. The summed E-state index contributed by atoms with van der Waals surface area (Å²) in [6, 6.07) is 17.0. The Hall–Kier alpha value is -2.46. The molecule has 2 aromatic carbocycles. The van der Waals surface area contributed by atoms with Gasteiger partial charge in [0.15, 0.2) is 0 Å². The van der Waals surface area contributed by atoms with Crippen LogP contribution in [0.25, 0.3) is 10.6 Å². The van der Waals surface area contributed by atoms with Crippen LogP contribution in [0.15, 0.2) is 53.9 Å². The maximum Gasteiger partial charge on any atom is 0.228 e. The molecule has 1 aliphatic rings. The Labute approximate surface area is 158 Å². The molecule has 0 spiro atoms. The van der Waals surface area contributed by atoms with Crippen LogP contribution >= 0.6 is 11.3 Å². The fraction of sp³-hybridized carbons (Fsp3) is 0.273. The molecule has 1 amide bonds. The zero-order chi connectivity index (χ0) is 18.1. The number of rotatable bonds is 4. The predicted molar refractivity (Wildman–Crippen MR) is 106 cm³/mol. The summed E-state index contributed by atoms with van der Waals surface area (Å²) in [5.41, 5.74) is 5.85. The van der Waals surface area contributed by atoms with Crippen molar-refractivity contribution in [3.8, 4) is 10.6 Å². The molecule has 132 valence electrons. The molecule has 1 aromatic heterocycles. The van der Waals surface area contributed by atoms with Gasteiger partial charge >= 0.3 is 0 Å². The van der Waals surface area contributed by atoms with Crippen LogP contribution in [-0.2, 0) is 17.6 Å². The Morgan fingerprint density at radius 1 is 1.23 bits per heavy atom. The largest absolute Gasteiger partial charge is 0.338 e. The number of carbonyl (C=O) groups is 1. The van der Waals surface area contributed by atoms with Crippen molar-refractivity contribution in [3.05, 3.63) is 76.3 Å². The topological polar surface area (TPSA) is 33.2 Å². The van der Waals surface area contributed by atoms with Crippen molar-refractivity contribution < 1.29 is 4.79 Å². The van der Waals surface area contributed by atoms with Gasteiger partial charge in [0.1, 0.15) is 5.01 Å². The van der Waals surface area contributed by atoms with E-state index in [0.717, 1.165) is 29.1 Å². The first-order valence-electron chi connectivity index (χ1n) is 8.97. The maximum absolute atomic E-state index is 12.8. The number of amides is 1. The summed E-state index contributed by atoms with van der Waals surface area (Å²) >= 11 is 1.60. The molecule has 1 unspecified atom stereocenters. The van der Waals surface area contributed by atoms with Gasteiger partial charge < -0.3 is 4.90 Å². The quantitative estimate of drug-likeness (QED) is 0.667. The summed E-state index contributed by atoms with van der Waals surface area (Å²) in [5.74, 6) is 0.132. The first kappa shape index (κ1) is 17.0. The molecule has 0 saturated carbocycles. The van der Waals surface area contributed by atoms with Gasteiger partial charge in [0, 0.05) is 18.0 Å². The van der Waals surface area contributed by atoms with E-state index in [0.29, 0.717) is 6.42 Å². The van der Waals surface area contributed by atoms with Crippen LogP contribution in [0.3, 0.4) is 0 Å². The lowest BCUT2D eigenvalue weighted by molar-refractivity contribution is -0.131. The highest BCUT2D eigenvalue weighted by molar-refractivity contribution is 7.13. The highest BCUT2D eigenvalue weighted by atomic mass is 32.1. The Morgan fingerprint density at radius 3 is 2.92 bits per heavy atom. The Balaban J connectivity index is 1.47. The summed E-state index contributed by atoms with van der Waals surface area (Å²) in [7, 11) is 1.92. The number of hydrogen-bond donors (Lipinski definition) is 0. The molecule has 26 heavy (non-hydrogen) atoms. The third kappa shape index (κ3) is 3.29. The molecule has 3 nitrogen and oxygen atoms in total. The van der Waals surface area contributed by atoms with Gasteiger partial charge in [-0.2, -0.15) is 0 Å². The number of likely N-dealkylation sites (N-methyl/N-ethyl adjacent to an activating group) is 1. The number of aromatic nitrogens is 1. The third-order valence-electron chi connectivity index (χ3n) is 5.11. The molecule has 0 fully saturated rings. The number of fused-ring (bicyclic) bond motifs is 1. The van der Waals surface area contributed by atoms with Gasteiger partial charge in [-0.15, -0.1) is 11.3 Å². The van der Waals surface area contributed by atoms with Crippen molar-refractivity contribution >= 4 is 17.2 Å². The van der Waals surface area contributed by atoms with E-state index in [1.165, 1.54) is 16.7 Å². The van der Waals surface area contributed by atoms with E-state index >= 15 is 0 Å². The Morgan fingerprint density at radius 2 is 2.08 bits per heavy atom. The van der Waals surface area contributed by atoms with Crippen LogP contribution in [0.1, 0.15) is 34.8 Å². The van der Waals surface area contributed by atoms with Crippen molar-refractivity contribution in [1.29, 1.82) is 0 Å². The van der Waals surface area contributed by atoms with Crippen molar-refractivity contribution in [2.75, 3.05) is 7.05 Å². The van der Waals surface area contributed by atoms with Gasteiger partial charge in [0.05, 0.1) is 18.2 Å². The van der Waals surface area contributed by atoms with Crippen LogP contribution in [0.5, 0.6) is 0 Å². The zero-order valence-corrected chi connectivity index (χ0v) is 15.9. The molecule has 4 heteroatoms. The second-order valence-corrected chi connectivity index (χ2v) is 7.81. The zero-order valence-electron chi connectivity index (χ0n) is 15.1. The Kier molecular flexibility index (Phi) is 4.60. The maximum atomic E-state index is 12.8. The standard InChI is InChI=1S/C22H22N2OS/c1-15-6-5-8-17(12-15)22-23-18(14-26-22)13-21(25)24(2)20-11-10-16-7-3-4-9-19(16)20/h3-9,12,14,20H,10-11,13H2,1-2H3. The summed E-state index contributed by atoms with van der Waals surface area (Å²) < 4.78 is 0. The molecule has 1 heterocycles. The fourth-order valence-electron chi connectivity index (χ4n) is 3.69. The lowest BCUT2D eigenvalue weighted by Crippen LogP contribution is -2.31. The van der Waals surface area contributed by atoms with Crippen LogP contribution in [0, 0.1) is 6.92 Å². The van der Waals surface area contributed by atoms with Crippen molar-refractivity contribution in [2.45, 2.75) is 32.2 Å². The SMILES string of the molecule is Cc1cccc(-c2nc(CC(=O)N(C)C3CCc4ccccc43)cs2)c1. The molecule has 0 saturated heterocycles. The second kappa shape index (κ2) is 7.04. The number of nitrogens with zero attached hydrogens (tertiary/aromatic N) is 2. The van der Waals surface area contributed by atoms with Crippen LogP contribution in [0.4, 0.5) is 0 Å². The number of carbonyl (C=O) groups excluding carboxylic acids is 1. The van der Waals surface area contributed by atoms with Gasteiger partial charge in [0.2, 0.25) is 5.91 Å². The van der Waals surface area contributed by atoms with E-state index in [2.05, 4.69) is 54.4 Å². The van der Waals surface area contributed by atoms with E-state index in [9.17, 15) is 4.79 Å². The summed E-state index contributed by atoms with van der Waals surface area (Å²) in [6.07, 6.45) is 2.41. The molecule has 0 aliphatic heterocycles. The van der Waals surface area contributed by atoms with Gasteiger partial charge in [-0.25, -0.2) is 4.98 Å². The minimum Gasteiger partial charge on any atom is -0.338 e. The average molecular weight is 362 g/mol. The third-order valence-corrected chi connectivity index (χ3v) is 6.05. The molecule has 3 aromatic rings. The fourth-order valence-corrected chi connectivity index (χ4v) is 4.51. The minimum atomic E-state index is 0.132. The summed E-state index contributed by atoms with van der Waals surface area (Å²) in [4.78, 5) is 19.4. The first-order chi connectivity index (χ1) is 12.6. The van der Waals surface area contributed by atoms with E-state index in [1.54, 1.807) is 11.3 Å². The average Bonchev–Trinajstić information content (AvgIpc) is 3.28. The van der Waals surface area contributed by atoms with E-state index in [-0.39, 0.29) is 11.9 Å². The van der Waals surface area contributed by atoms with Crippen molar-refractivity contribution in [3.63, 3.8) is 0 Å². The van der Waals surface area contributed by atoms with Crippen LogP contribution in [-0.4, -0.2) is 22.8 Å². The van der Waals surface area contributed by atoms with Crippen molar-refractivity contribution in [1.82, 2.24) is 9.88 Å². The van der Waals surface area contributed by atoms with Crippen LogP contribution < -0.4 is 0 Å². The highest BCUT2D eigenvalue weighted by Gasteiger charge is 2.28. The molecule has 0 bridgehead atoms. The van der Waals surface area contributed by atoms with Gasteiger partial charge in [-0.05, 0) is 37.0 Å². The number of hydrogen-bond acceptors (Lipinski definition) is 3. The molecule has 0 N–H and O–H groups in total. The van der Waals surface area contributed by atoms with Crippen molar-refractivity contribution in [2.24, 2.45) is 0 Å². The molecular formula is C22H22N2OS. The lowest BCUT2D eigenvalue weighted by atomic mass is 10.1. The molecule has 1 aliphatic carbocycles. The second-order valence-electron chi connectivity index (χ2n) is 6.95. The van der Waals surface area contributed by atoms with E-state index < -0.39 is 0 Å². The van der Waals surface area contributed by atoms with E-state index in [4.69, 9.17) is 0 Å². The molecule has 1 atom stereocenters. The smallest absolute Gasteiger partial charge is 0.228 e. The van der Waals surface area contributed by atoms with Gasteiger partial charge in [-0.3, -0.25) is 4.79 Å². The highest BCUT2D eigenvalue weighted by Crippen LogP contribution is 2.35.